The van der Waals surface area contributed by atoms with Gasteiger partial charge in [0.05, 0.1) is 5.52 Å². The summed E-state index contributed by atoms with van der Waals surface area (Å²) in [6.45, 7) is 0. The van der Waals surface area contributed by atoms with Crippen molar-refractivity contribution in [1.29, 1.82) is 0 Å². The Morgan fingerprint density at radius 1 is 0.833 bits per heavy atom. The van der Waals surface area contributed by atoms with Crippen LogP contribution in [0.3, 0.4) is 0 Å². The quantitative estimate of drug-likeness (QED) is 0.738. The van der Waals surface area contributed by atoms with E-state index in [4.69, 9.17) is 4.74 Å². The van der Waals surface area contributed by atoms with Crippen molar-refractivity contribution >= 4 is 10.9 Å². The van der Waals surface area contributed by atoms with E-state index in [1.54, 1.807) is 30.5 Å². The maximum atomic E-state index is 9.70. The van der Waals surface area contributed by atoms with Gasteiger partial charge in [0, 0.05) is 11.6 Å². The van der Waals surface area contributed by atoms with Gasteiger partial charge in [-0.3, -0.25) is 4.98 Å². The molecule has 1 N–H and O–H groups in total. The molecule has 0 bridgehead atoms. The Morgan fingerprint density at radius 3 is 2.50 bits per heavy atom. The summed E-state index contributed by atoms with van der Waals surface area (Å²) in [6, 6.07) is 16.4. The van der Waals surface area contributed by atoms with Gasteiger partial charge >= 0.3 is 0 Å². The summed E-state index contributed by atoms with van der Waals surface area (Å²) in [6.07, 6.45) is 1.69. The second kappa shape index (κ2) is 4.37. The number of rotatable bonds is 2. The van der Waals surface area contributed by atoms with Crippen LogP contribution in [0.15, 0.2) is 60.8 Å². The van der Waals surface area contributed by atoms with Crippen LogP contribution in [0.25, 0.3) is 10.9 Å². The van der Waals surface area contributed by atoms with Crippen molar-refractivity contribution in [2.24, 2.45) is 0 Å². The molecule has 0 aliphatic heterocycles. The SMILES string of the molecule is Oc1ccccc1Oc1ccnc2ccccc12. The van der Waals surface area contributed by atoms with Crippen LogP contribution >= 0.6 is 0 Å². The molecule has 3 rings (SSSR count). The summed E-state index contributed by atoms with van der Waals surface area (Å²) in [7, 11) is 0. The minimum absolute atomic E-state index is 0.124. The van der Waals surface area contributed by atoms with Crippen LogP contribution < -0.4 is 4.74 Å². The van der Waals surface area contributed by atoms with E-state index >= 15 is 0 Å². The number of phenols is 1. The normalized spacial score (nSPS) is 10.4. The van der Waals surface area contributed by atoms with Crippen molar-refractivity contribution in [3.63, 3.8) is 0 Å². The van der Waals surface area contributed by atoms with E-state index in [1.165, 1.54) is 0 Å². The number of aromatic hydroxyl groups is 1. The molecule has 0 saturated carbocycles. The highest BCUT2D eigenvalue weighted by atomic mass is 16.5. The van der Waals surface area contributed by atoms with Gasteiger partial charge in [0.2, 0.25) is 0 Å². The Morgan fingerprint density at radius 2 is 1.61 bits per heavy atom. The molecule has 0 fully saturated rings. The molecule has 0 atom stereocenters. The zero-order chi connectivity index (χ0) is 12.4. The third-order valence-corrected chi connectivity index (χ3v) is 2.69. The monoisotopic (exact) mass is 237 g/mol. The molecule has 0 unspecified atom stereocenters. The van der Waals surface area contributed by atoms with Crippen LogP contribution in [0, 0.1) is 0 Å². The molecule has 0 amide bonds. The molecular weight excluding hydrogens is 226 g/mol. The Balaban J connectivity index is 2.08. The van der Waals surface area contributed by atoms with Crippen LogP contribution in [0.4, 0.5) is 0 Å². The van der Waals surface area contributed by atoms with E-state index in [2.05, 4.69) is 4.98 Å². The van der Waals surface area contributed by atoms with E-state index in [0.29, 0.717) is 11.5 Å². The minimum atomic E-state index is 0.124. The fourth-order valence-electron chi connectivity index (χ4n) is 1.82. The fraction of sp³-hybridized carbons (Fsp3) is 0. The minimum Gasteiger partial charge on any atom is -0.504 e. The van der Waals surface area contributed by atoms with Crippen LogP contribution in [-0.2, 0) is 0 Å². The number of hydrogen-bond donors (Lipinski definition) is 1. The number of fused-ring (bicyclic) bond motifs is 1. The average molecular weight is 237 g/mol. The van der Waals surface area contributed by atoms with Crippen molar-refractivity contribution in [2.45, 2.75) is 0 Å². The maximum Gasteiger partial charge on any atom is 0.169 e. The molecule has 0 aliphatic carbocycles. The highest BCUT2D eigenvalue weighted by molar-refractivity contribution is 5.85. The molecule has 0 radical (unpaired) electrons. The summed E-state index contributed by atoms with van der Waals surface area (Å²) in [5.41, 5.74) is 0.866. The Hall–Kier alpha value is -2.55. The van der Waals surface area contributed by atoms with Gasteiger partial charge in [-0.1, -0.05) is 24.3 Å². The van der Waals surface area contributed by atoms with Gasteiger partial charge in [-0.25, -0.2) is 0 Å². The van der Waals surface area contributed by atoms with E-state index in [0.717, 1.165) is 10.9 Å². The topological polar surface area (TPSA) is 42.4 Å². The standard InChI is InChI=1S/C15H11NO2/c17-13-7-3-4-8-15(13)18-14-9-10-16-12-6-2-1-5-11(12)14/h1-10,17H. The molecule has 2 aromatic carbocycles. The maximum absolute atomic E-state index is 9.70. The first-order chi connectivity index (χ1) is 8.84. The number of hydrogen-bond acceptors (Lipinski definition) is 3. The molecule has 1 aromatic heterocycles. The number of para-hydroxylation sites is 3. The van der Waals surface area contributed by atoms with Crippen LogP contribution in [-0.4, -0.2) is 10.1 Å². The lowest BCUT2D eigenvalue weighted by Gasteiger charge is -2.09. The van der Waals surface area contributed by atoms with Gasteiger partial charge < -0.3 is 9.84 Å². The highest BCUT2D eigenvalue weighted by Gasteiger charge is 2.06. The van der Waals surface area contributed by atoms with Gasteiger partial charge in [0.25, 0.3) is 0 Å². The summed E-state index contributed by atoms with van der Waals surface area (Å²) in [5, 5.41) is 10.6. The largest absolute Gasteiger partial charge is 0.504 e. The molecule has 3 nitrogen and oxygen atoms in total. The molecule has 0 aliphatic rings. The van der Waals surface area contributed by atoms with E-state index in [9.17, 15) is 5.11 Å². The van der Waals surface area contributed by atoms with Crippen molar-refractivity contribution in [2.75, 3.05) is 0 Å². The lowest BCUT2D eigenvalue weighted by atomic mass is 10.2. The first-order valence-corrected chi connectivity index (χ1v) is 5.64. The Kier molecular flexibility index (Phi) is 2.57. The first-order valence-electron chi connectivity index (χ1n) is 5.64. The predicted octanol–water partition coefficient (Wildman–Crippen LogP) is 3.73. The van der Waals surface area contributed by atoms with Gasteiger partial charge in [-0.05, 0) is 30.3 Å². The highest BCUT2D eigenvalue weighted by Crippen LogP contribution is 2.33. The fourth-order valence-corrected chi connectivity index (χ4v) is 1.82. The zero-order valence-corrected chi connectivity index (χ0v) is 9.58. The van der Waals surface area contributed by atoms with Gasteiger partial charge in [0.1, 0.15) is 5.75 Å². The number of nitrogens with zero attached hydrogens (tertiary/aromatic N) is 1. The summed E-state index contributed by atoms with van der Waals surface area (Å²) in [4.78, 5) is 4.26. The molecule has 3 heteroatoms. The second-order valence-corrected chi connectivity index (χ2v) is 3.90. The Labute approximate surface area is 104 Å². The lowest BCUT2D eigenvalue weighted by molar-refractivity contribution is 0.413. The number of aromatic nitrogens is 1. The summed E-state index contributed by atoms with van der Waals surface area (Å²) < 4.78 is 5.73. The van der Waals surface area contributed by atoms with Gasteiger partial charge in [-0.15, -0.1) is 0 Å². The molecule has 88 valence electrons. The number of ether oxygens (including phenoxy) is 1. The molecule has 1 heterocycles. The lowest BCUT2D eigenvalue weighted by Crippen LogP contribution is -1.87. The molecule has 18 heavy (non-hydrogen) atoms. The number of pyridine rings is 1. The van der Waals surface area contributed by atoms with E-state index in [-0.39, 0.29) is 5.75 Å². The third kappa shape index (κ3) is 1.86. The van der Waals surface area contributed by atoms with Crippen molar-refractivity contribution in [3.05, 3.63) is 60.8 Å². The van der Waals surface area contributed by atoms with E-state index < -0.39 is 0 Å². The van der Waals surface area contributed by atoms with Crippen LogP contribution in [0.1, 0.15) is 0 Å². The average Bonchev–Trinajstić information content (AvgIpc) is 2.42. The summed E-state index contributed by atoms with van der Waals surface area (Å²) in [5.74, 6) is 1.24. The van der Waals surface area contributed by atoms with Crippen molar-refractivity contribution < 1.29 is 9.84 Å². The first kappa shape index (κ1) is 10.6. The summed E-state index contributed by atoms with van der Waals surface area (Å²) >= 11 is 0. The molecule has 0 spiro atoms. The Bertz CT molecular complexity index is 689. The van der Waals surface area contributed by atoms with Gasteiger partial charge in [-0.2, -0.15) is 0 Å². The van der Waals surface area contributed by atoms with Gasteiger partial charge in [0.15, 0.2) is 11.5 Å². The van der Waals surface area contributed by atoms with Crippen molar-refractivity contribution in [1.82, 2.24) is 4.98 Å². The van der Waals surface area contributed by atoms with Crippen LogP contribution in [0.5, 0.6) is 17.2 Å². The van der Waals surface area contributed by atoms with E-state index in [1.807, 2.05) is 30.3 Å². The molecule has 3 aromatic rings. The number of benzene rings is 2. The van der Waals surface area contributed by atoms with Crippen molar-refractivity contribution in [3.8, 4) is 17.2 Å². The molecule has 0 saturated heterocycles. The third-order valence-electron chi connectivity index (χ3n) is 2.69. The second-order valence-electron chi connectivity index (χ2n) is 3.90. The zero-order valence-electron chi connectivity index (χ0n) is 9.58. The number of phenolic OH excluding ortho intramolecular Hbond substituents is 1. The van der Waals surface area contributed by atoms with Crippen LogP contribution in [0.2, 0.25) is 0 Å². The predicted molar refractivity (Wildman–Crippen MR) is 69.9 cm³/mol. The smallest absolute Gasteiger partial charge is 0.169 e. The molecular formula is C15H11NO2.